The van der Waals surface area contributed by atoms with E-state index in [1.165, 1.54) is 11.1 Å². The zero-order valence-corrected chi connectivity index (χ0v) is 16.0. The number of guanidine groups is 1. The van der Waals surface area contributed by atoms with Gasteiger partial charge in [0.05, 0.1) is 20.8 Å². The molecular formula is C22H27N3O2. The highest BCUT2D eigenvalue weighted by atomic mass is 16.5. The lowest BCUT2D eigenvalue weighted by molar-refractivity contribution is 0.354. The van der Waals surface area contributed by atoms with Gasteiger partial charge >= 0.3 is 0 Å². The van der Waals surface area contributed by atoms with E-state index in [9.17, 15) is 0 Å². The van der Waals surface area contributed by atoms with Crippen molar-refractivity contribution in [2.24, 2.45) is 4.99 Å². The molecule has 27 heavy (non-hydrogen) atoms. The molecule has 0 aliphatic carbocycles. The maximum Gasteiger partial charge on any atom is 0.194 e. The molecule has 0 saturated carbocycles. The third-order valence-electron chi connectivity index (χ3n) is 4.51. The highest BCUT2D eigenvalue weighted by molar-refractivity contribution is 5.81. The summed E-state index contributed by atoms with van der Waals surface area (Å²) in [4.78, 5) is 6.86. The Kier molecular flexibility index (Phi) is 6.74. The Morgan fingerprint density at radius 2 is 1.89 bits per heavy atom. The summed E-state index contributed by atoms with van der Waals surface area (Å²) in [6.07, 6.45) is 5.23. The van der Waals surface area contributed by atoms with Crippen molar-refractivity contribution in [1.29, 1.82) is 0 Å². The fraction of sp³-hybridized carbons (Fsp3) is 0.318. The average molecular weight is 365 g/mol. The van der Waals surface area contributed by atoms with E-state index in [1.54, 1.807) is 14.2 Å². The molecule has 5 heteroatoms. The van der Waals surface area contributed by atoms with Gasteiger partial charge in [-0.05, 0) is 29.7 Å². The first-order valence-electron chi connectivity index (χ1n) is 9.26. The molecule has 0 atom stereocenters. The van der Waals surface area contributed by atoms with Gasteiger partial charge in [0.1, 0.15) is 0 Å². The van der Waals surface area contributed by atoms with E-state index in [0.717, 1.165) is 50.1 Å². The number of aliphatic imine (C=N–C) groups is 1. The van der Waals surface area contributed by atoms with Crippen LogP contribution in [-0.2, 0) is 6.42 Å². The summed E-state index contributed by atoms with van der Waals surface area (Å²) in [7, 11) is 3.31. The van der Waals surface area contributed by atoms with Gasteiger partial charge in [0.25, 0.3) is 0 Å². The summed E-state index contributed by atoms with van der Waals surface area (Å²) in [5, 5.41) is 3.46. The van der Waals surface area contributed by atoms with Crippen LogP contribution < -0.4 is 14.8 Å². The summed E-state index contributed by atoms with van der Waals surface area (Å²) in [6, 6.07) is 16.4. The zero-order chi connectivity index (χ0) is 18.9. The fourth-order valence-electron chi connectivity index (χ4n) is 3.06. The maximum absolute atomic E-state index is 5.37. The first-order valence-corrected chi connectivity index (χ1v) is 9.26. The normalized spacial score (nSPS) is 13.7. The largest absolute Gasteiger partial charge is 0.493 e. The number of hydrogen-bond donors (Lipinski definition) is 1. The summed E-state index contributed by atoms with van der Waals surface area (Å²) < 4.78 is 10.7. The van der Waals surface area contributed by atoms with Crippen LogP contribution in [0.15, 0.2) is 59.6 Å². The van der Waals surface area contributed by atoms with Crippen LogP contribution in [0, 0.1) is 0 Å². The van der Waals surface area contributed by atoms with E-state index in [2.05, 4.69) is 57.7 Å². The minimum Gasteiger partial charge on any atom is -0.493 e. The smallest absolute Gasteiger partial charge is 0.194 e. The van der Waals surface area contributed by atoms with E-state index in [1.807, 2.05) is 18.2 Å². The average Bonchev–Trinajstić information content (AvgIpc) is 3.16. The van der Waals surface area contributed by atoms with Crippen LogP contribution in [0.2, 0.25) is 0 Å². The van der Waals surface area contributed by atoms with Crippen molar-refractivity contribution in [3.8, 4) is 11.5 Å². The number of nitrogens with one attached hydrogen (secondary N) is 1. The molecule has 1 heterocycles. The van der Waals surface area contributed by atoms with Crippen molar-refractivity contribution in [3.05, 3.63) is 65.7 Å². The van der Waals surface area contributed by atoms with Crippen LogP contribution in [0.4, 0.5) is 0 Å². The van der Waals surface area contributed by atoms with E-state index < -0.39 is 0 Å². The topological polar surface area (TPSA) is 46.1 Å². The standard InChI is InChI=1S/C22H27N3O2/c1-26-20-11-10-19(17-21(20)27-2)12-13-23-22-24-14-16-25(22)15-6-9-18-7-4-3-5-8-18/h3-11,17H,12-16H2,1-2H3,(H,23,24)/b9-6+. The Balaban J connectivity index is 1.48. The SMILES string of the molecule is COc1ccc(CCNC2=NCCN2C/C=C/c2ccccc2)cc1OC. The van der Waals surface area contributed by atoms with E-state index in [0.29, 0.717) is 0 Å². The number of methoxy groups -OCH3 is 2. The van der Waals surface area contributed by atoms with Crippen LogP contribution in [0.5, 0.6) is 11.5 Å². The molecule has 0 amide bonds. The minimum absolute atomic E-state index is 0.755. The van der Waals surface area contributed by atoms with Gasteiger partial charge in [-0.2, -0.15) is 0 Å². The molecule has 0 unspecified atom stereocenters. The fourth-order valence-corrected chi connectivity index (χ4v) is 3.06. The molecule has 1 aliphatic rings. The molecule has 2 aromatic carbocycles. The monoisotopic (exact) mass is 365 g/mol. The second-order valence-corrected chi connectivity index (χ2v) is 6.33. The van der Waals surface area contributed by atoms with Gasteiger partial charge in [0, 0.05) is 19.6 Å². The first-order chi connectivity index (χ1) is 13.3. The van der Waals surface area contributed by atoms with Crippen LogP contribution in [0.3, 0.4) is 0 Å². The van der Waals surface area contributed by atoms with Crippen molar-refractivity contribution in [2.45, 2.75) is 6.42 Å². The highest BCUT2D eigenvalue weighted by Gasteiger charge is 2.14. The Hall–Kier alpha value is -2.95. The third-order valence-corrected chi connectivity index (χ3v) is 4.51. The second kappa shape index (κ2) is 9.67. The number of benzene rings is 2. The molecule has 0 spiro atoms. The molecule has 1 N–H and O–H groups in total. The molecule has 0 saturated heterocycles. The summed E-state index contributed by atoms with van der Waals surface area (Å²) in [5.74, 6) is 2.50. The van der Waals surface area contributed by atoms with Gasteiger partial charge in [-0.25, -0.2) is 0 Å². The Labute approximate surface area is 161 Å². The molecule has 142 valence electrons. The summed E-state index contributed by atoms with van der Waals surface area (Å²) in [5.41, 5.74) is 2.42. The van der Waals surface area contributed by atoms with Gasteiger partial charge in [-0.1, -0.05) is 48.6 Å². The van der Waals surface area contributed by atoms with Gasteiger partial charge in [-0.3, -0.25) is 4.99 Å². The molecular weight excluding hydrogens is 338 g/mol. The lowest BCUT2D eigenvalue weighted by Crippen LogP contribution is -2.39. The quantitative estimate of drug-likeness (QED) is 0.780. The third kappa shape index (κ3) is 5.26. The number of nitrogens with zero attached hydrogens (tertiary/aromatic N) is 2. The van der Waals surface area contributed by atoms with Crippen LogP contribution in [-0.4, -0.2) is 51.3 Å². The van der Waals surface area contributed by atoms with Crippen LogP contribution in [0.1, 0.15) is 11.1 Å². The van der Waals surface area contributed by atoms with Crippen LogP contribution >= 0.6 is 0 Å². The maximum atomic E-state index is 5.37. The molecule has 1 aliphatic heterocycles. The molecule has 5 nitrogen and oxygen atoms in total. The van der Waals surface area contributed by atoms with Crippen LogP contribution in [0.25, 0.3) is 6.08 Å². The predicted octanol–water partition coefficient (Wildman–Crippen LogP) is 3.22. The van der Waals surface area contributed by atoms with Gasteiger partial charge in [0.2, 0.25) is 0 Å². The highest BCUT2D eigenvalue weighted by Crippen LogP contribution is 2.27. The predicted molar refractivity (Wildman–Crippen MR) is 111 cm³/mol. The summed E-state index contributed by atoms with van der Waals surface area (Å²) in [6.45, 7) is 3.49. The first kappa shape index (κ1) is 18.8. The second-order valence-electron chi connectivity index (χ2n) is 6.33. The number of ether oxygens (including phenoxy) is 2. The Bertz CT molecular complexity index is 787. The number of rotatable bonds is 8. The van der Waals surface area contributed by atoms with E-state index in [4.69, 9.17) is 9.47 Å². The molecule has 3 rings (SSSR count). The molecule has 0 radical (unpaired) electrons. The Morgan fingerprint density at radius 1 is 1.07 bits per heavy atom. The van der Waals surface area contributed by atoms with Gasteiger partial charge in [-0.15, -0.1) is 0 Å². The van der Waals surface area contributed by atoms with Crippen molar-refractivity contribution in [3.63, 3.8) is 0 Å². The lowest BCUT2D eigenvalue weighted by Gasteiger charge is -2.19. The van der Waals surface area contributed by atoms with Gasteiger partial charge in [0.15, 0.2) is 17.5 Å². The zero-order valence-electron chi connectivity index (χ0n) is 16.0. The van der Waals surface area contributed by atoms with Crippen molar-refractivity contribution in [2.75, 3.05) is 40.4 Å². The molecule has 0 aromatic heterocycles. The van der Waals surface area contributed by atoms with E-state index in [-0.39, 0.29) is 0 Å². The minimum atomic E-state index is 0.755. The van der Waals surface area contributed by atoms with E-state index >= 15 is 0 Å². The number of hydrogen-bond acceptors (Lipinski definition) is 5. The lowest BCUT2D eigenvalue weighted by atomic mass is 10.1. The molecule has 2 aromatic rings. The van der Waals surface area contributed by atoms with Crippen molar-refractivity contribution >= 4 is 12.0 Å². The molecule has 0 fully saturated rings. The summed E-state index contributed by atoms with van der Waals surface area (Å²) >= 11 is 0. The van der Waals surface area contributed by atoms with Gasteiger partial charge < -0.3 is 19.7 Å². The van der Waals surface area contributed by atoms with Crippen molar-refractivity contribution in [1.82, 2.24) is 10.2 Å². The molecule has 0 bridgehead atoms. The van der Waals surface area contributed by atoms with Crippen molar-refractivity contribution < 1.29 is 9.47 Å². The Morgan fingerprint density at radius 3 is 2.67 bits per heavy atom.